The van der Waals surface area contributed by atoms with Gasteiger partial charge in [0.2, 0.25) is 0 Å². The highest BCUT2D eigenvalue weighted by Crippen LogP contribution is 2.28. The Hall–Kier alpha value is -3.47. The first kappa shape index (κ1) is 19.3. The van der Waals surface area contributed by atoms with Crippen molar-refractivity contribution in [3.8, 4) is 11.5 Å². The summed E-state index contributed by atoms with van der Waals surface area (Å²) < 4.78 is 10.9. The Morgan fingerprint density at radius 2 is 1.68 bits per heavy atom. The van der Waals surface area contributed by atoms with Gasteiger partial charge in [0.15, 0.2) is 0 Å². The third-order valence-electron chi connectivity index (χ3n) is 4.52. The minimum Gasteiger partial charge on any atom is -0.497 e. The van der Waals surface area contributed by atoms with Gasteiger partial charge >= 0.3 is 5.97 Å². The summed E-state index contributed by atoms with van der Waals surface area (Å²) in [4.78, 5) is 13.5. The number of methoxy groups -OCH3 is 2. The average Bonchev–Trinajstić information content (AvgIpc) is 2.74. The van der Waals surface area contributed by atoms with Crippen molar-refractivity contribution in [2.45, 2.75) is 13.1 Å². The first-order valence-electron chi connectivity index (χ1n) is 8.94. The molecule has 3 rings (SSSR count). The smallest absolute Gasteiger partial charge is 0.335 e. The molecule has 0 saturated carbocycles. The minimum absolute atomic E-state index is 0.258. The summed E-state index contributed by atoms with van der Waals surface area (Å²) in [5.41, 5.74) is 3.17. The molecule has 0 radical (unpaired) electrons. The first-order chi connectivity index (χ1) is 13.6. The zero-order valence-electron chi connectivity index (χ0n) is 16.0. The summed E-state index contributed by atoms with van der Waals surface area (Å²) in [6.07, 6.45) is 0. The second-order valence-electron chi connectivity index (χ2n) is 6.37. The fraction of sp³-hybridized carbons (Fsp3) is 0.174. The molecule has 0 aliphatic rings. The molecular formula is C23H23NO4. The fourth-order valence-electron chi connectivity index (χ4n) is 3.09. The monoisotopic (exact) mass is 377 g/mol. The van der Waals surface area contributed by atoms with E-state index in [1.807, 2.05) is 42.5 Å². The fourth-order valence-corrected chi connectivity index (χ4v) is 3.09. The van der Waals surface area contributed by atoms with Crippen LogP contribution >= 0.6 is 0 Å². The number of anilines is 1. The Bertz CT molecular complexity index is 940. The molecular weight excluding hydrogens is 354 g/mol. The van der Waals surface area contributed by atoms with E-state index < -0.39 is 5.97 Å². The van der Waals surface area contributed by atoms with Crippen LogP contribution in [0.4, 0.5) is 5.69 Å². The standard InChI is InChI=1S/C23H23NO4/c1-27-21-11-12-22(28-2)19(14-21)16-24(15-17-7-4-3-5-8-17)20-10-6-9-18(13-20)23(25)26/h3-14H,15-16H2,1-2H3,(H,25,26). The van der Waals surface area contributed by atoms with E-state index in [4.69, 9.17) is 9.47 Å². The number of aromatic carboxylic acids is 1. The summed E-state index contributed by atoms with van der Waals surface area (Å²) in [5.74, 6) is 0.559. The first-order valence-corrected chi connectivity index (χ1v) is 8.94. The zero-order valence-corrected chi connectivity index (χ0v) is 16.0. The molecule has 0 aromatic heterocycles. The van der Waals surface area contributed by atoms with E-state index in [-0.39, 0.29) is 5.56 Å². The highest BCUT2D eigenvalue weighted by atomic mass is 16.5. The second kappa shape index (κ2) is 8.95. The molecule has 0 fully saturated rings. The zero-order chi connectivity index (χ0) is 19.9. The van der Waals surface area contributed by atoms with Crippen molar-refractivity contribution in [1.29, 1.82) is 0 Å². The number of carboxylic acid groups (broad SMARTS) is 1. The van der Waals surface area contributed by atoms with Crippen LogP contribution in [0.3, 0.4) is 0 Å². The van der Waals surface area contributed by atoms with Gasteiger partial charge in [-0.25, -0.2) is 4.79 Å². The van der Waals surface area contributed by atoms with Crippen LogP contribution in [0.25, 0.3) is 0 Å². The highest BCUT2D eigenvalue weighted by molar-refractivity contribution is 5.88. The molecule has 5 heteroatoms. The van der Waals surface area contributed by atoms with Gasteiger partial charge in [-0.3, -0.25) is 0 Å². The van der Waals surface area contributed by atoms with Gasteiger partial charge in [0, 0.05) is 24.3 Å². The van der Waals surface area contributed by atoms with Crippen molar-refractivity contribution in [1.82, 2.24) is 0 Å². The van der Waals surface area contributed by atoms with Crippen LogP contribution in [-0.2, 0) is 13.1 Å². The topological polar surface area (TPSA) is 59.0 Å². The second-order valence-corrected chi connectivity index (χ2v) is 6.37. The number of carboxylic acids is 1. The third kappa shape index (κ3) is 4.62. The van der Waals surface area contributed by atoms with E-state index in [0.29, 0.717) is 13.1 Å². The molecule has 0 unspecified atom stereocenters. The lowest BCUT2D eigenvalue weighted by molar-refractivity contribution is 0.0697. The minimum atomic E-state index is -0.944. The quantitative estimate of drug-likeness (QED) is 0.621. The summed E-state index contributed by atoms with van der Waals surface area (Å²) in [6, 6.07) is 22.7. The van der Waals surface area contributed by atoms with Crippen molar-refractivity contribution in [3.63, 3.8) is 0 Å². The molecule has 28 heavy (non-hydrogen) atoms. The van der Waals surface area contributed by atoms with Crippen molar-refractivity contribution < 1.29 is 19.4 Å². The number of carbonyl (C=O) groups is 1. The van der Waals surface area contributed by atoms with Gasteiger partial charge in [-0.15, -0.1) is 0 Å². The van der Waals surface area contributed by atoms with Crippen LogP contribution < -0.4 is 14.4 Å². The van der Waals surface area contributed by atoms with Crippen LogP contribution in [0.15, 0.2) is 72.8 Å². The lowest BCUT2D eigenvalue weighted by Gasteiger charge is -2.26. The number of nitrogens with zero attached hydrogens (tertiary/aromatic N) is 1. The average molecular weight is 377 g/mol. The van der Waals surface area contributed by atoms with Crippen LogP contribution in [0, 0.1) is 0 Å². The van der Waals surface area contributed by atoms with Crippen molar-refractivity contribution in [2.75, 3.05) is 19.1 Å². The molecule has 0 spiro atoms. The Labute approximate surface area is 164 Å². The Morgan fingerprint density at radius 3 is 2.36 bits per heavy atom. The van der Waals surface area contributed by atoms with E-state index in [0.717, 1.165) is 28.3 Å². The Kier molecular flexibility index (Phi) is 6.17. The van der Waals surface area contributed by atoms with Crippen LogP contribution in [0.1, 0.15) is 21.5 Å². The molecule has 1 N–H and O–H groups in total. The molecule has 0 aliphatic carbocycles. The van der Waals surface area contributed by atoms with E-state index in [2.05, 4.69) is 17.0 Å². The van der Waals surface area contributed by atoms with E-state index in [1.54, 1.807) is 32.4 Å². The number of hydrogen-bond donors (Lipinski definition) is 1. The molecule has 3 aromatic rings. The molecule has 0 aliphatic heterocycles. The predicted molar refractivity (Wildman–Crippen MR) is 109 cm³/mol. The summed E-state index contributed by atoms with van der Waals surface area (Å²) >= 11 is 0. The molecule has 144 valence electrons. The van der Waals surface area contributed by atoms with Gasteiger partial charge in [-0.2, -0.15) is 0 Å². The molecule has 0 atom stereocenters. The van der Waals surface area contributed by atoms with Gasteiger partial charge in [0.05, 0.1) is 19.8 Å². The summed E-state index contributed by atoms with van der Waals surface area (Å²) in [7, 11) is 3.27. The van der Waals surface area contributed by atoms with E-state index >= 15 is 0 Å². The Morgan fingerprint density at radius 1 is 0.893 bits per heavy atom. The maximum Gasteiger partial charge on any atom is 0.335 e. The molecule has 0 bridgehead atoms. The van der Waals surface area contributed by atoms with Gasteiger partial charge in [0.1, 0.15) is 11.5 Å². The van der Waals surface area contributed by atoms with E-state index in [9.17, 15) is 9.90 Å². The summed E-state index contributed by atoms with van der Waals surface area (Å²) in [6.45, 7) is 1.17. The number of hydrogen-bond acceptors (Lipinski definition) is 4. The normalized spacial score (nSPS) is 10.4. The van der Waals surface area contributed by atoms with Gasteiger partial charge in [0.25, 0.3) is 0 Å². The number of rotatable bonds is 8. The SMILES string of the molecule is COc1ccc(OC)c(CN(Cc2ccccc2)c2cccc(C(=O)O)c2)c1. The van der Waals surface area contributed by atoms with Crippen molar-refractivity contribution in [3.05, 3.63) is 89.5 Å². The lowest BCUT2D eigenvalue weighted by atomic mass is 10.1. The van der Waals surface area contributed by atoms with E-state index in [1.165, 1.54) is 0 Å². The van der Waals surface area contributed by atoms with Crippen molar-refractivity contribution >= 4 is 11.7 Å². The molecule has 0 amide bonds. The summed E-state index contributed by atoms with van der Waals surface area (Å²) in [5, 5.41) is 9.37. The molecule has 0 saturated heterocycles. The molecule has 0 heterocycles. The number of ether oxygens (including phenoxy) is 2. The largest absolute Gasteiger partial charge is 0.497 e. The van der Waals surface area contributed by atoms with Crippen LogP contribution in [0.2, 0.25) is 0 Å². The number of benzene rings is 3. The van der Waals surface area contributed by atoms with Gasteiger partial charge in [-0.05, 0) is 42.0 Å². The molecule has 5 nitrogen and oxygen atoms in total. The lowest BCUT2D eigenvalue weighted by Crippen LogP contribution is -2.22. The maximum absolute atomic E-state index is 11.4. The Balaban J connectivity index is 1.99. The molecule has 3 aromatic carbocycles. The maximum atomic E-state index is 11.4. The van der Waals surface area contributed by atoms with Crippen LogP contribution in [0.5, 0.6) is 11.5 Å². The third-order valence-corrected chi connectivity index (χ3v) is 4.52. The predicted octanol–water partition coefficient (Wildman–Crippen LogP) is 4.61. The highest BCUT2D eigenvalue weighted by Gasteiger charge is 2.14. The van der Waals surface area contributed by atoms with Gasteiger partial charge in [-0.1, -0.05) is 36.4 Å². The van der Waals surface area contributed by atoms with Crippen LogP contribution in [-0.4, -0.2) is 25.3 Å². The van der Waals surface area contributed by atoms with Gasteiger partial charge < -0.3 is 19.5 Å². The van der Waals surface area contributed by atoms with Crippen molar-refractivity contribution in [2.24, 2.45) is 0 Å².